The Balaban J connectivity index is 2.66. The van der Waals surface area contributed by atoms with Gasteiger partial charge in [-0.05, 0) is 70.6 Å². The summed E-state index contributed by atoms with van der Waals surface area (Å²) in [4.78, 5) is 54.3. The number of hydrogen-bond acceptors (Lipinski definition) is 15. The van der Waals surface area contributed by atoms with Gasteiger partial charge in [0.15, 0.2) is 6.10 Å². The predicted octanol–water partition coefficient (Wildman–Crippen LogP) is 6.67. The first kappa shape index (κ1) is 61.2. The summed E-state index contributed by atoms with van der Waals surface area (Å²) < 4.78 is 49.2. The van der Waals surface area contributed by atoms with Crippen LogP contribution < -0.4 is 0 Å². The van der Waals surface area contributed by atoms with E-state index in [4.69, 9.17) is 28.3 Å². The fourth-order valence-corrected chi connectivity index (χ4v) is 8.56. The lowest BCUT2D eigenvalue weighted by Crippen LogP contribution is -2.64. The highest BCUT2D eigenvalue weighted by atomic mass is 31.2. The Hall–Kier alpha value is -1.86. The van der Waals surface area contributed by atoms with Crippen molar-refractivity contribution >= 4 is 27.6 Å². The molecule has 0 aromatic rings. The van der Waals surface area contributed by atoms with Crippen molar-refractivity contribution < 1.29 is 87.1 Å². The van der Waals surface area contributed by atoms with Gasteiger partial charge in [-0.25, -0.2) is 9.13 Å². The van der Waals surface area contributed by atoms with Crippen molar-refractivity contribution in [3.8, 4) is 0 Å². The van der Waals surface area contributed by atoms with Crippen LogP contribution >= 0.6 is 15.6 Å². The van der Waals surface area contributed by atoms with Crippen LogP contribution in [0.2, 0.25) is 0 Å². The Labute approximate surface area is 386 Å². The molecular formula is C45H82O18P2. The number of aliphatic hydroxyl groups excluding tert-OH is 6. The molecule has 0 saturated heterocycles. The van der Waals surface area contributed by atoms with E-state index in [0.29, 0.717) is 38.5 Å². The maximum Gasteiger partial charge on any atom is 0.472 e. The van der Waals surface area contributed by atoms with Crippen molar-refractivity contribution in [1.29, 1.82) is 0 Å². The van der Waals surface area contributed by atoms with Gasteiger partial charge >= 0.3 is 27.6 Å². The number of carbonyl (C=O) groups excluding carboxylic acids is 2. The topological polar surface area (TPSA) is 296 Å². The Kier molecular flexibility index (Phi) is 34.0. The Morgan fingerprint density at radius 3 is 1.62 bits per heavy atom. The average Bonchev–Trinajstić information content (AvgIpc) is 3.25. The number of carbonyl (C=O) groups is 2. The molecule has 20 heteroatoms. The molecule has 0 heterocycles. The summed E-state index contributed by atoms with van der Waals surface area (Å²) in [5, 5.41) is 61.7. The van der Waals surface area contributed by atoms with E-state index in [9.17, 15) is 54.3 Å². The molecule has 1 fully saturated rings. The number of ether oxygens (including phenoxy) is 2. The minimum absolute atomic E-state index is 0.0583. The third-order valence-electron chi connectivity index (χ3n) is 10.9. The summed E-state index contributed by atoms with van der Waals surface area (Å²) in [6, 6.07) is 0. The first-order valence-corrected chi connectivity index (χ1v) is 26.7. The second kappa shape index (κ2) is 36.2. The van der Waals surface area contributed by atoms with Crippen molar-refractivity contribution in [2.24, 2.45) is 0 Å². The van der Waals surface area contributed by atoms with Crippen molar-refractivity contribution in [1.82, 2.24) is 0 Å². The Bertz CT molecular complexity index is 1440. The second-order valence-electron chi connectivity index (χ2n) is 16.8. The second-order valence-corrected chi connectivity index (χ2v) is 19.4. The van der Waals surface area contributed by atoms with E-state index in [1.807, 2.05) is 12.2 Å². The van der Waals surface area contributed by atoms with Crippen molar-refractivity contribution in [3.63, 3.8) is 0 Å². The summed E-state index contributed by atoms with van der Waals surface area (Å²) in [5.41, 5.74) is 0. The number of esters is 2. The van der Waals surface area contributed by atoms with Crippen LogP contribution in [-0.4, -0.2) is 125 Å². The number of aliphatic hydroxyl groups is 6. The first-order valence-electron chi connectivity index (χ1n) is 23.7. The molecule has 0 aromatic heterocycles. The molecular weight excluding hydrogens is 890 g/mol. The Morgan fingerprint density at radius 2 is 1.05 bits per heavy atom. The zero-order chi connectivity index (χ0) is 48.5. The van der Waals surface area contributed by atoms with E-state index in [0.717, 1.165) is 83.5 Å². The van der Waals surface area contributed by atoms with Gasteiger partial charge in [-0.1, -0.05) is 121 Å². The van der Waals surface area contributed by atoms with E-state index < -0.39 is 95.7 Å². The van der Waals surface area contributed by atoms with Crippen LogP contribution in [0, 0.1) is 0 Å². The molecule has 5 unspecified atom stereocenters. The molecule has 0 aliphatic heterocycles. The third-order valence-corrected chi connectivity index (χ3v) is 12.4. The minimum Gasteiger partial charge on any atom is -0.462 e. The normalized spacial score (nSPS) is 22.9. The van der Waals surface area contributed by atoms with Crippen LogP contribution in [0.5, 0.6) is 0 Å². The number of phosphoric ester groups is 2. The molecule has 0 aromatic carbocycles. The quantitative estimate of drug-likeness (QED) is 0.0134. The first-order chi connectivity index (χ1) is 30.9. The molecule has 380 valence electrons. The SMILES string of the molecule is CCCCC/C=C\C/C=C\CCCCCCCC(=O)OC[C@H](COP(=O)(O)O[C@H]1C(O)C(O)C(O)[C@@H](OP(=O)(O)O)C1O)OC(=O)CCCCCCC[C@H](O)[C@@H](O)C/C=C\CCCCC. The summed E-state index contributed by atoms with van der Waals surface area (Å²) in [6.45, 7) is 2.88. The number of unbranched alkanes of at least 4 members (excludes halogenated alkanes) is 15. The largest absolute Gasteiger partial charge is 0.472 e. The molecule has 0 amide bonds. The highest BCUT2D eigenvalue weighted by Gasteiger charge is 2.54. The van der Waals surface area contributed by atoms with Gasteiger partial charge in [-0.15, -0.1) is 0 Å². The van der Waals surface area contributed by atoms with E-state index in [1.54, 1.807) is 0 Å². The predicted molar refractivity (Wildman–Crippen MR) is 244 cm³/mol. The maximum atomic E-state index is 13.0. The van der Waals surface area contributed by atoms with Crippen LogP contribution in [-0.2, 0) is 41.8 Å². The fourth-order valence-electron chi connectivity index (χ4n) is 7.02. The lowest BCUT2D eigenvalue weighted by Gasteiger charge is -2.43. The highest BCUT2D eigenvalue weighted by molar-refractivity contribution is 7.47. The van der Waals surface area contributed by atoms with Gasteiger partial charge in [0.1, 0.15) is 43.2 Å². The van der Waals surface area contributed by atoms with E-state index in [-0.39, 0.29) is 12.8 Å². The van der Waals surface area contributed by atoms with Gasteiger partial charge in [-0.2, -0.15) is 0 Å². The molecule has 18 nitrogen and oxygen atoms in total. The van der Waals surface area contributed by atoms with Gasteiger partial charge in [0, 0.05) is 12.8 Å². The van der Waals surface area contributed by atoms with E-state index in [2.05, 4.69) is 42.7 Å². The van der Waals surface area contributed by atoms with Crippen molar-refractivity contribution in [2.45, 2.75) is 223 Å². The molecule has 0 radical (unpaired) electrons. The zero-order valence-corrected chi connectivity index (χ0v) is 40.4. The fraction of sp³-hybridized carbons (Fsp3) is 0.822. The Morgan fingerprint density at radius 1 is 0.554 bits per heavy atom. The van der Waals surface area contributed by atoms with E-state index in [1.165, 1.54) is 19.3 Å². The van der Waals surface area contributed by atoms with Crippen molar-refractivity contribution in [2.75, 3.05) is 13.2 Å². The molecule has 1 saturated carbocycles. The smallest absolute Gasteiger partial charge is 0.462 e. The monoisotopic (exact) mass is 972 g/mol. The molecule has 0 bridgehead atoms. The summed E-state index contributed by atoms with van der Waals surface area (Å²) in [5.74, 6) is -1.33. The van der Waals surface area contributed by atoms with Gasteiger partial charge in [-0.3, -0.25) is 23.2 Å². The third kappa shape index (κ3) is 30.3. The molecule has 1 aliphatic carbocycles. The van der Waals surface area contributed by atoms with Gasteiger partial charge < -0.3 is 54.8 Å². The number of allylic oxidation sites excluding steroid dienone is 5. The van der Waals surface area contributed by atoms with Crippen molar-refractivity contribution in [3.05, 3.63) is 36.5 Å². The number of phosphoric acid groups is 2. The minimum atomic E-state index is -5.39. The number of rotatable bonds is 39. The van der Waals surface area contributed by atoms with Gasteiger partial charge in [0.25, 0.3) is 0 Å². The number of hydrogen-bond donors (Lipinski definition) is 9. The van der Waals surface area contributed by atoms with Crippen LogP contribution in [0.15, 0.2) is 36.5 Å². The lowest BCUT2D eigenvalue weighted by atomic mass is 9.85. The van der Waals surface area contributed by atoms with Crippen LogP contribution in [0.3, 0.4) is 0 Å². The molecule has 1 rings (SSSR count). The summed E-state index contributed by atoms with van der Waals surface area (Å²) in [7, 11) is -10.7. The maximum absolute atomic E-state index is 13.0. The molecule has 9 N–H and O–H groups in total. The molecule has 1 aliphatic rings. The van der Waals surface area contributed by atoms with Crippen LogP contribution in [0.25, 0.3) is 0 Å². The van der Waals surface area contributed by atoms with Gasteiger partial charge in [0.2, 0.25) is 0 Å². The molecule has 10 atom stereocenters. The van der Waals surface area contributed by atoms with Crippen LogP contribution in [0.4, 0.5) is 0 Å². The highest BCUT2D eigenvalue weighted by Crippen LogP contribution is 2.49. The molecule has 65 heavy (non-hydrogen) atoms. The molecule has 0 spiro atoms. The summed E-state index contributed by atoms with van der Waals surface area (Å²) in [6.07, 6.45) is 15.4. The van der Waals surface area contributed by atoms with Gasteiger partial charge in [0.05, 0.1) is 18.8 Å². The summed E-state index contributed by atoms with van der Waals surface area (Å²) >= 11 is 0. The zero-order valence-electron chi connectivity index (χ0n) is 38.6. The van der Waals surface area contributed by atoms with Crippen LogP contribution in [0.1, 0.15) is 168 Å². The average molecular weight is 973 g/mol. The van der Waals surface area contributed by atoms with E-state index >= 15 is 0 Å². The standard InChI is InChI=1S/C45H82O18P2/c1-3-5-7-9-11-12-13-14-15-16-17-18-19-23-27-31-38(48)59-33-35(34-60-65(57,58)63-45-42(52)40(50)41(51)44(43(45)53)62-64(54,55)56)61-39(49)32-28-24-20-22-26-30-37(47)36(46)29-25-21-10-8-6-4-2/h11-12,14-15,21,25,35-37,40-47,50-53H,3-10,13,16-20,22-24,26-34H2,1-2H3,(H,57,58)(H2,54,55,56)/b12-11-,15-14-,25-21-/t35-,36+,37+,40?,41?,42?,43?,44-,45+/m1/s1. The lowest BCUT2D eigenvalue weighted by molar-refractivity contribution is -0.216.